The number of amides is 1. The summed E-state index contributed by atoms with van der Waals surface area (Å²) in [6.45, 7) is 0.500. The van der Waals surface area contributed by atoms with Crippen LogP contribution in [0, 0.1) is 11.7 Å². The van der Waals surface area contributed by atoms with E-state index in [9.17, 15) is 9.18 Å². The minimum absolute atomic E-state index is 0.0932. The van der Waals surface area contributed by atoms with Crippen LogP contribution in [0.1, 0.15) is 24.8 Å². The lowest BCUT2D eigenvalue weighted by molar-refractivity contribution is -0.125. The monoisotopic (exact) mass is 247 g/mol. The third kappa shape index (κ3) is 3.42. The van der Waals surface area contributed by atoms with Gasteiger partial charge in [-0.15, -0.1) is 0 Å². The van der Waals surface area contributed by atoms with Crippen molar-refractivity contribution in [1.82, 2.24) is 5.32 Å². The van der Waals surface area contributed by atoms with Crippen molar-refractivity contribution in [2.75, 3.05) is 6.54 Å². The first kappa shape index (κ1) is 12.8. The van der Waals surface area contributed by atoms with Gasteiger partial charge in [-0.1, -0.05) is 30.4 Å². The van der Waals surface area contributed by atoms with Crippen LogP contribution in [0.2, 0.25) is 0 Å². The Balaban J connectivity index is 1.77. The predicted molar refractivity (Wildman–Crippen MR) is 69.6 cm³/mol. The Hall–Kier alpha value is -1.64. The van der Waals surface area contributed by atoms with Crippen LogP contribution in [-0.4, -0.2) is 12.5 Å². The van der Waals surface area contributed by atoms with Gasteiger partial charge in [-0.25, -0.2) is 4.39 Å². The molecule has 96 valence electrons. The third-order valence-corrected chi connectivity index (χ3v) is 3.29. The van der Waals surface area contributed by atoms with Crippen LogP contribution >= 0.6 is 0 Å². The third-order valence-electron chi connectivity index (χ3n) is 3.29. The molecule has 2 rings (SSSR count). The Morgan fingerprint density at radius 3 is 2.89 bits per heavy atom. The van der Waals surface area contributed by atoms with Crippen molar-refractivity contribution in [2.45, 2.75) is 25.7 Å². The maximum atomic E-state index is 13.3. The zero-order valence-corrected chi connectivity index (χ0v) is 10.4. The summed E-state index contributed by atoms with van der Waals surface area (Å²) >= 11 is 0. The summed E-state index contributed by atoms with van der Waals surface area (Å²) in [5.41, 5.74) is 0.654. The lowest BCUT2D eigenvalue weighted by atomic mass is 9.93. The van der Waals surface area contributed by atoms with E-state index in [2.05, 4.69) is 17.5 Å². The first-order valence-electron chi connectivity index (χ1n) is 6.43. The molecule has 2 nitrogen and oxygen atoms in total. The molecule has 0 unspecified atom stereocenters. The molecule has 0 aromatic heterocycles. The van der Waals surface area contributed by atoms with Gasteiger partial charge in [0.15, 0.2) is 0 Å². The van der Waals surface area contributed by atoms with E-state index in [1.54, 1.807) is 12.1 Å². The smallest absolute Gasteiger partial charge is 0.223 e. The number of nitrogens with one attached hydrogen (secondary N) is 1. The van der Waals surface area contributed by atoms with Gasteiger partial charge in [0.25, 0.3) is 0 Å². The summed E-state index contributed by atoms with van der Waals surface area (Å²) in [6, 6.07) is 6.69. The highest BCUT2D eigenvalue weighted by Gasteiger charge is 2.17. The van der Waals surface area contributed by atoms with Crippen LogP contribution in [0.5, 0.6) is 0 Å². The molecule has 0 heterocycles. The largest absolute Gasteiger partial charge is 0.356 e. The molecule has 0 saturated heterocycles. The van der Waals surface area contributed by atoms with Crippen LogP contribution in [0.15, 0.2) is 36.4 Å². The van der Waals surface area contributed by atoms with E-state index < -0.39 is 0 Å². The quantitative estimate of drug-likeness (QED) is 0.814. The van der Waals surface area contributed by atoms with Crippen molar-refractivity contribution in [3.8, 4) is 0 Å². The summed E-state index contributed by atoms with van der Waals surface area (Å²) in [4.78, 5) is 11.8. The summed E-state index contributed by atoms with van der Waals surface area (Å²) in [5.74, 6) is -0.0151. The van der Waals surface area contributed by atoms with Gasteiger partial charge in [-0.05, 0) is 37.3 Å². The van der Waals surface area contributed by atoms with E-state index in [4.69, 9.17) is 0 Å². The fraction of sp³-hybridized carbons (Fsp3) is 0.400. The second-order valence-electron chi connectivity index (χ2n) is 4.61. The van der Waals surface area contributed by atoms with Crippen molar-refractivity contribution in [3.63, 3.8) is 0 Å². The highest BCUT2D eigenvalue weighted by atomic mass is 19.1. The number of hydrogen-bond acceptors (Lipinski definition) is 1. The molecular weight excluding hydrogens is 229 g/mol. The number of benzene rings is 1. The van der Waals surface area contributed by atoms with E-state index in [-0.39, 0.29) is 17.6 Å². The number of rotatable bonds is 4. The molecule has 0 radical (unpaired) electrons. The van der Waals surface area contributed by atoms with Gasteiger partial charge in [0.2, 0.25) is 5.91 Å². The Kier molecular flexibility index (Phi) is 4.51. The van der Waals surface area contributed by atoms with Crippen molar-refractivity contribution >= 4 is 5.91 Å². The molecule has 1 atom stereocenters. The standard InChI is InChI=1S/C15H18FNO/c16-14-9-5-4-6-12(14)10-11-17-15(18)13-7-2-1-3-8-13/h1-2,4-6,9,13H,3,7-8,10-11H2,(H,17,18)/t13-/m1/s1. The zero-order chi connectivity index (χ0) is 12.8. The van der Waals surface area contributed by atoms with E-state index in [0.717, 1.165) is 19.3 Å². The van der Waals surface area contributed by atoms with Gasteiger partial charge in [0.05, 0.1) is 0 Å². The van der Waals surface area contributed by atoms with Crippen LogP contribution in [0.4, 0.5) is 4.39 Å². The highest BCUT2D eigenvalue weighted by Crippen LogP contribution is 2.17. The van der Waals surface area contributed by atoms with E-state index in [1.807, 2.05) is 6.07 Å². The molecule has 1 aliphatic carbocycles. The van der Waals surface area contributed by atoms with Crippen molar-refractivity contribution < 1.29 is 9.18 Å². The second-order valence-corrected chi connectivity index (χ2v) is 4.61. The maximum absolute atomic E-state index is 13.3. The number of carbonyl (C=O) groups excluding carboxylic acids is 1. The molecule has 0 saturated carbocycles. The molecule has 1 amide bonds. The molecule has 3 heteroatoms. The summed E-state index contributed by atoms with van der Waals surface area (Å²) in [7, 11) is 0. The van der Waals surface area contributed by atoms with E-state index in [0.29, 0.717) is 18.5 Å². The molecule has 1 N–H and O–H groups in total. The topological polar surface area (TPSA) is 29.1 Å². The van der Waals surface area contributed by atoms with E-state index in [1.165, 1.54) is 6.07 Å². The molecule has 0 spiro atoms. The molecule has 1 aliphatic rings. The van der Waals surface area contributed by atoms with Crippen molar-refractivity contribution in [2.24, 2.45) is 5.92 Å². The van der Waals surface area contributed by atoms with Crippen LogP contribution in [-0.2, 0) is 11.2 Å². The first-order chi connectivity index (χ1) is 8.77. The molecular formula is C15H18FNO. The minimum atomic E-state index is -0.202. The minimum Gasteiger partial charge on any atom is -0.356 e. The average molecular weight is 247 g/mol. The van der Waals surface area contributed by atoms with Gasteiger partial charge in [-0.3, -0.25) is 4.79 Å². The Labute approximate surface area is 107 Å². The fourth-order valence-corrected chi connectivity index (χ4v) is 2.20. The average Bonchev–Trinajstić information content (AvgIpc) is 2.42. The van der Waals surface area contributed by atoms with Gasteiger partial charge in [0.1, 0.15) is 5.82 Å². The van der Waals surface area contributed by atoms with Crippen molar-refractivity contribution in [3.05, 3.63) is 47.8 Å². The molecule has 1 aromatic carbocycles. The number of carbonyl (C=O) groups is 1. The molecule has 0 aliphatic heterocycles. The first-order valence-corrected chi connectivity index (χ1v) is 6.43. The van der Waals surface area contributed by atoms with Crippen LogP contribution in [0.25, 0.3) is 0 Å². The zero-order valence-electron chi connectivity index (χ0n) is 10.4. The number of hydrogen-bond donors (Lipinski definition) is 1. The molecule has 0 fully saturated rings. The summed E-state index contributed by atoms with van der Waals surface area (Å²) in [6.07, 6.45) is 7.44. The Morgan fingerprint density at radius 2 is 2.17 bits per heavy atom. The maximum Gasteiger partial charge on any atom is 0.223 e. The van der Waals surface area contributed by atoms with E-state index >= 15 is 0 Å². The highest BCUT2D eigenvalue weighted by molar-refractivity contribution is 5.78. The lowest BCUT2D eigenvalue weighted by Crippen LogP contribution is -2.32. The Morgan fingerprint density at radius 1 is 1.33 bits per heavy atom. The second kappa shape index (κ2) is 6.34. The van der Waals surface area contributed by atoms with Crippen molar-refractivity contribution in [1.29, 1.82) is 0 Å². The number of halogens is 1. The predicted octanol–water partition coefficient (Wildman–Crippen LogP) is 2.84. The molecule has 1 aromatic rings. The Bertz CT molecular complexity index is 442. The van der Waals surface area contributed by atoms with Crippen LogP contribution in [0.3, 0.4) is 0 Å². The SMILES string of the molecule is O=C(NCCc1ccccc1F)[C@@H]1CC=CCC1. The summed E-state index contributed by atoms with van der Waals surface area (Å²) in [5, 5.41) is 2.89. The van der Waals surface area contributed by atoms with Crippen LogP contribution < -0.4 is 5.32 Å². The molecule has 18 heavy (non-hydrogen) atoms. The van der Waals surface area contributed by atoms with Gasteiger partial charge in [0, 0.05) is 12.5 Å². The lowest BCUT2D eigenvalue weighted by Gasteiger charge is -2.17. The normalized spacial score (nSPS) is 18.6. The summed E-state index contributed by atoms with van der Waals surface area (Å²) < 4.78 is 13.3. The van der Waals surface area contributed by atoms with Gasteiger partial charge >= 0.3 is 0 Å². The fourth-order valence-electron chi connectivity index (χ4n) is 2.20. The number of allylic oxidation sites excluding steroid dienone is 2. The van der Waals surface area contributed by atoms with Gasteiger partial charge in [-0.2, -0.15) is 0 Å². The molecule has 0 bridgehead atoms. The van der Waals surface area contributed by atoms with Gasteiger partial charge < -0.3 is 5.32 Å².